The zero-order valence-corrected chi connectivity index (χ0v) is 21.6. The van der Waals surface area contributed by atoms with Gasteiger partial charge < -0.3 is 15.0 Å². The zero-order valence-electron chi connectivity index (χ0n) is 21.6. The fourth-order valence-corrected chi connectivity index (χ4v) is 4.23. The maximum Gasteiger partial charge on any atom is 0.240 e. The van der Waals surface area contributed by atoms with Gasteiger partial charge in [-0.2, -0.15) is 10.1 Å². The van der Waals surface area contributed by atoms with Gasteiger partial charge in [0.2, 0.25) is 6.08 Å². The summed E-state index contributed by atoms with van der Waals surface area (Å²) in [6.07, 6.45) is 1.58. The largest absolute Gasteiger partial charge is 0.383 e. The van der Waals surface area contributed by atoms with Gasteiger partial charge in [0.05, 0.1) is 18.0 Å². The number of hydrogen-bond donors (Lipinski definition) is 2. The van der Waals surface area contributed by atoms with E-state index >= 15 is 0 Å². The minimum absolute atomic E-state index is 0.263. The van der Waals surface area contributed by atoms with E-state index in [1.54, 1.807) is 13.2 Å². The van der Waals surface area contributed by atoms with Gasteiger partial charge in [-0.3, -0.25) is 9.78 Å². The van der Waals surface area contributed by atoms with Crippen molar-refractivity contribution in [3.63, 3.8) is 0 Å². The van der Waals surface area contributed by atoms with Crippen LogP contribution in [-0.4, -0.2) is 57.3 Å². The van der Waals surface area contributed by atoms with Crippen molar-refractivity contribution in [2.24, 2.45) is 12.0 Å². The van der Waals surface area contributed by atoms with Gasteiger partial charge in [-0.25, -0.2) is 14.3 Å². The monoisotopic (exact) mass is 488 g/mol. The molecule has 10 heteroatoms. The molecule has 0 fully saturated rings. The molecule has 1 aromatic carbocycles. The van der Waals surface area contributed by atoms with Crippen molar-refractivity contribution in [3.05, 3.63) is 53.5 Å². The summed E-state index contributed by atoms with van der Waals surface area (Å²) in [7, 11) is 3.62. The van der Waals surface area contributed by atoms with E-state index in [0.29, 0.717) is 23.6 Å². The fourth-order valence-electron chi connectivity index (χ4n) is 4.23. The molecular formula is C26H32N8O2. The summed E-state index contributed by atoms with van der Waals surface area (Å²) in [5.41, 5.74) is 8.71. The lowest BCUT2D eigenvalue weighted by atomic mass is 10.1. The van der Waals surface area contributed by atoms with Gasteiger partial charge >= 0.3 is 0 Å². The molecule has 10 nitrogen and oxygen atoms in total. The Morgan fingerprint density at radius 3 is 2.69 bits per heavy atom. The molecule has 0 bridgehead atoms. The van der Waals surface area contributed by atoms with Gasteiger partial charge in [0.1, 0.15) is 22.8 Å². The highest BCUT2D eigenvalue weighted by atomic mass is 16.5. The normalized spacial score (nSPS) is 11.1. The maximum atomic E-state index is 11.0. The van der Waals surface area contributed by atoms with E-state index in [2.05, 4.69) is 58.0 Å². The molecule has 2 N–H and O–H groups in total. The molecule has 0 saturated heterocycles. The number of H-pyrrole nitrogens is 1. The molecule has 0 amide bonds. The molecule has 0 aliphatic rings. The number of hydrogen-bond acceptors (Lipinski definition) is 7. The van der Waals surface area contributed by atoms with E-state index in [1.165, 1.54) is 0 Å². The van der Waals surface area contributed by atoms with Gasteiger partial charge in [0.25, 0.3) is 0 Å². The number of aromatic amines is 1. The van der Waals surface area contributed by atoms with Crippen LogP contribution in [0.4, 0.5) is 17.1 Å². The number of aryl methyl sites for hydroxylation is 4. The minimum Gasteiger partial charge on any atom is -0.383 e. The molecule has 188 valence electrons. The van der Waals surface area contributed by atoms with Gasteiger partial charge in [0, 0.05) is 44.3 Å². The van der Waals surface area contributed by atoms with E-state index in [1.807, 2.05) is 42.2 Å². The number of anilines is 3. The smallest absolute Gasteiger partial charge is 0.240 e. The number of rotatable bonds is 10. The number of benzene rings is 1. The highest BCUT2D eigenvalue weighted by molar-refractivity contribution is 5.88. The number of fused-ring (bicyclic) bond motifs is 1. The molecule has 0 aliphatic carbocycles. The second-order valence-corrected chi connectivity index (χ2v) is 8.71. The molecule has 4 rings (SSSR count). The summed E-state index contributed by atoms with van der Waals surface area (Å²) in [4.78, 5) is 21.9. The summed E-state index contributed by atoms with van der Waals surface area (Å²) >= 11 is 0. The van der Waals surface area contributed by atoms with Gasteiger partial charge in [-0.05, 0) is 57.5 Å². The van der Waals surface area contributed by atoms with E-state index in [4.69, 9.17) is 9.72 Å². The highest BCUT2D eigenvalue weighted by Gasteiger charge is 2.23. The molecule has 3 heterocycles. The fraction of sp³-hybridized carbons (Fsp3) is 0.346. The molecule has 0 unspecified atom stereocenters. The Hall–Kier alpha value is -4.14. The first kappa shape index (κ1) is 25.0. The predicted molar refractivity (Wildman–Crippen MR) is 143 cm³/mol. The Kier molecular flexibility index (Phi) is 7.10. The average Bonchev–Trinajstić information content (AvgIpc) is 3.48. The Balaban J connectivity index is 1.78. The molecule has 36 heavy (non-hydrogen) atoms. The van der Waals surface area contributed by atoms with Gasteiger partial charge in [0.15, 0.2) is 5.65 Å². The lowest BCUT2D eigenvalue weighted by molar-refractivity contribution is 0.205. The van der Waals surface area contributed by atoms with Gasteiger partial charge in [-0.15, -0.1) is 0 Å². The van der Waals surface area contributed by atoms with Crippen molar-refractivity contribution >= 4 is 34.5 Å². The van der Waals surface area contributed by atoms with Crippen LogP contribution in [-0.2, 0) is 16.6 Å². The van der Waals surface area contributed by atoms with Crippen LogP contribution in [0, 0.1) is 20.8 Å². The van der Waals surface area contributed by atoms with Crippen molar-refractivity contribution in [1.82, 2.24) is 24.4 Å². The van der Waals surface area contributed by atoms with Crippen LogP contribution in [0.25, 0.3) is 22.7 Å². The summed E-state index contributed by atoms with van der Waals surface area (Å²) in [6.45, 7) is 14.4. The number of aliphatic imine (C=N–C) groups is 1. The van der Waals surface area contributed by atoms with Crippen molar-refractivity contribution < 1.29 is 9.53 Å². The molecule has 0 aliphatic heterocycles. The number of isocyanates is 1. The second kappa shape index (κ2) is 10.2. The predicted octanol–water partition coefficient (Wildman–Crippen LogP) is 4.51. The maximum absolute atomic E-state index is 11.0. The first-order chi connectivity index (χ1) is 17.3. The Bertz CT molecular complexity index is 1450. The number of nitrogens with one attached hydrogen (secondary N) is 2. The number of carbonyl (C=O) groups excluding carboxylic acids is 1. The Morgan fingerprint density at radius 1 is 1.31 bits per heavy atom. The van der Waals surface area contributed by atoms with Crippen LogP contribution in [0.15, 0.2) is 35.8 Å². The molecular weight excluding hydrogens is 456 g/mol. The van der Waals surface area contributed by atoms with E-state index in [0.717, 1.165) is 52.8 Å². The van der Waals surface area contributed by atoms with E-state index in [-0.39, 0.29) is 5.70 Å². The molecule has 0 saturated carbocycles. The van der Waals surface area contributed by atoms with Crippen LogP contribution in [0.1, 0.15) is 29.6 Å². The molecule has 3 aromatic heterocycles. The van der Waals surface area contributed by atoms with Crippen molar-refractivity contribution in [1.29, 1.82) is 0 Å². The number of likely N-dealkylation sites (N-methyl/N-ethyl adjacent to an activating group) is 1. The quantitative estimate of drug-likeness (QED) is 0.251. The Morgan fingerprint density at radius 2 is 2.08 bits per heavy atom. The summed E-state index contributed by atoms with van der Waals surface area (Å²) in [6, 6.07) is 8.26. The molecule has 0 spiro atoms. The van der Waals surface area contributed by atoms with E-state index in [9.17, 15) is 4.79 Å². The topological polar surface area (TPSA) is 105 Å². The van der Waals surface area contributed by atoms with Crippen LogP contribution in [0.2, 0.25) is 0 Å². The van der Waals surface area contributed by atoms with Gasteiger partial charge in [-0.1, -0.05) is 6.58 Å². The summed E-state index contributed by atoms with van der Waals surface area (Å²) < 4.78 is 8.93. The average molecular weight is 489 g/mol. The Labute approximate surface area is 210 Å². The first-order valence-corrected chi connectivity index (χ1v) is 11.8. The number of ether oxygens (including phenoxy) is 1. The zero-order chi connectivity index (χ0) is 26.0. The lowest BCUT2D eigenvalue weighted by Crippen LogP contribution is -2.26. The number of aromatic nitrogens is 5. The lowest BCUT2D eigenvalue weighted by Gasteiger charge is -2.24. The highest BCUT2D eigenvalue weighted by Crippen LogP contribution is 2.35. The standard InChI is InChI=1S/C26H32N8O2/c1-8-33(11-12-36-7)20-9-10-21(16(2)13-20)28-25-23(18(4)27-15-35)31-34-19(5)24(29-26(25)34)22-14-17(3)32(6)30-22/h9-10,13-14,28,31H,4,8,11-12H2,1-3,5-7H3. The minimum atomic E-state index is 0.263. The third kappa shape index (κ3) is 4.56. The van der Waals surface area contributed by atoms with E-state index < -0.39 is 0 Å². The third-order valence-electron chi connectivity index (χ3n) is 6.41. The number of imidazole rings is 1. The third-order valence-corrected chi connectivity index (χ3v) is 6.41. The second-order valence-electron chi connectivity index (χ2n) is 8.71. The first-order valence-electron chi connectivity index (χ1n) is 11.8. The van der Waals surface area contributed by atoms with Crippen LogP contribution in [0.3, 0.4) is 0 Å². The number of methoxy groups -OCH3 is 1. The van der Waals surface area contributed by atoms with Crippen molar-refractivity contribution in [3.8, 4) is 11.4 Å². The molecule has 4 aromatic rings. The molecule has 0 radical (unpaired) electrons. The molecule has 0 atom stereocenters. The summed E-state index contributed by atoms with van der Waals surface area (Å²) in [5.74, 6) is 0. The van der Waals surface area contributed by atoms with Crippen molar-refractivity contribution in [2.75, 3.05) is 37.0 Å². The number of nitrogens with zero attached hydrogens (tertiary/aromatic N) is 6. The summed E-state index contributed by atoms with van der Waals surface area (Å²) in [5, 5.41) is 11.4. The van der Waals surface area contributed by atoms with Crippen molar-refractivity contribution in [2.45, 2.75) is 27.7 Å². The van der Waals surface area contributed by atoms with Crippen LogP contribution < -0.4 is 10.2 Å². The van der Waals surface area contributed by atoms with Crippen LogP contribution in [0.5, 0.6) is 0 Å². The van der Waals surface area contributed by atoms with Crippen LogP contribution >= 0.6 is 0 Å². The SMILES string of the molecule is C=C(N=C=O)c1[nH]n2c(C)c(-c3cc(C)n(C)n3)nc2c1Nc1ccc(N(CC)CCOC)cc1C.